The third kappa shape index (κ3) is 5.18. The maximum absolute atomic E-state index is 9.00. The Kier molecular flexibility index (Phi) is 6.25. The van der Waals surface area contributed by atoms with Crippen LogP contribution < -0.4 is 10.2 Å². The summed E-state index contributed by atoms with van der Waals surface area (Å²) in [6, 6.07) is 15.2. The molecule has 1 aliphatic heterocycles. The Balaban J connectivity index is 1.45. The van der Waals surface area contributed by atoms with Gasteiger partial charge in [-0.25, -0.2) is 4.98 Å². The second-order valence-corrected chi connectivity index (χ2v) is 6.71. The van der Waals surface area contributed by atoms with Gasteiger partial charge in [-0.15, -0.1) is 0 Å². The fourth-order valence-corrected chi connectivity index (χ4v) is 3.27. The number of benzene rings is 1. The Labute approximate surface area is 150 Å². The molecule has 1 unspecified atom stereocenters. The first-order valence-electron chi connectivity index (χ1n) is 9.05. The monoisotopic (exact) mass is 340 g/mol. The Bertz CT molecular complexity index is 632. The Hall–Kier alpha value is -2.11. The molecule has 5 nitrogen and oxygen atoms in total. The topological polar surface area (TPSA) is 51.6 Å². The first-order valence-corrected chi connectivity index (χ1v) is 9.05. The minimum Gasteiger partial charge on any atom is -0.395 e. The quantitative estimate of drug-likeness (QED) is 0.772. The van der Waals surface area contributed by atoms with E-state index < -0.39 is 0 Å². The molecule has 0 bridgehead atoms. The van der Waals surface area contributed by atoms with Gasteiger partial charge in [0.15, 0.2) is 0 Å². The molecule has 2 N–H and O–H groups in total. The Morgan fingerprint density at radius 3 is 2.80 bits per heavy atom. The van der Waals surface area contributed by atoms with Crippen molar-refractivity contribution in [2.75, 3.05) is 50.1 Å². The predicted octanol–water partition coefficient (Wildman–Crippen LogP) is 2.24. The smallest absolute Gasteiger partial charge is 0.126 e. The number of rotatable bonds is 8. The Morgan fingerprint density at radius 2 is 2.08 bits per heavy atom. The van der Waals surface area contributed by atoms with Crippen molar-refractivity contribution >= 4 is 11.5 Å². The number of pyridine rings is 1. The SMILES string of the molecule is CN(CCO)c1ccc(NC2CCN(CCc3ccccc3)C2)nc1. The van der Waals surface area contributed by atoms with Crippen LogP contribution in [-0.4, -0.2) is 60.9 Å². The van der Waals surface area contributed by atoms with Crippen molar-refractivity contribution in [3.8, 4) is 0 Å². The summed E-state index contributed by atoms with van der Waals surface area (Å²) in [5.74, 6) is 0.927. The second-order valence-electron chi connectivity index (χ2n) is 6.71. The molecule has 3 rings (SSSR count). The number of nitrogens with zero attached hydrogens (tertiary/aromatic N) is 3. The summed E-state index contributed by atoms with van der Waals surface area (Å²) in [6.07, 6.45) is 4.13. The number of aliphatic hydroxyl groups is 1. The van der Waals surface area contributed by atoms with Crippen LogP contribution in [0.5, 0.6) is 0 Å². The standard InChI is InChI=1S/C20H28N4O/c1-23(13-14-25)19-7-8-20(21-15-19)22-18-10-12-24(16-18)11-9-17-5-3-2-4-6-17/h2-8,15,18,25H,9-14,16H2,1H3,(H,21,22). The molecule has 0 aliphatic carbocycles. The minimum atomic E-state index is 0.150. The van der Waals surface area contributed by atoms with E-state index in [-0.39, 0.29) is 6.61 Å². The maximum atomic E-state index is 9.00. The van der Waals surface area contributed by atoms with Crippen molar-refractivity contribution in [3.63, 3.8) is 0 Å². The average molecular weight is 340 g/mol. The number of anilines is 2. The van der Waals surface area contributed by atoms with Gasteiger partial charge in [0, 0.05) is 39.3 Å². The lowest BCUT2D eigenvalue weighted by Gasteiger charge is -2.19. The highest BCUT2D eigenvalue weighted by Crippen LogP contribution is 2.17. The van der Waals surface area contributed by atoms with Crippen molar-refractivity contribution < 1.29 is 5.11 Å². The highest BCUT2D eigenvalue weighted by molar-refractivity contribution is 5.49. The van der Waals surface area contributed by atoms with Gasteiger partial charge in [-0.05, 0) is 30.5 Å². The van der Waals surface area contributed by atoms with Crippen LogP contribution in [0.3, 0.4) is 0 Å². The molecule has 1 atom stereocenters. The zero-order chi connectivity index (χ0) is 17.5. The number of nitrogens with one attached hydrogen (secondary N) is 1. The molecule has 0 radical (unpaired) electrons. The first kappa shape index (κ1) is 17.7. The number of hydrogen-bond donors (Lipinski definition) is 2. The normalized spacial score (nSPS) is 17.6. The molecular formula is C20H28N4O. The third-order valence-electron chi connectivity index (χ3n) is 4.81. The lowest BCUT2D eigenvalue weighted by atomic mass is 10.1. The van der Waals surface area contributed by atoms with Crippen LogP contribution in [0.15, 0.2) is 48.7 Å². The molecular weight excluding hydrogens is 312 g/mol. The number of hydrogen-bond acceptors (Lipinski definition) is 5. The Morgan fingerprint density at radius 1 is 1.24 bits per heavy atom. The van der Waals surface area contributed by atoms with Gasteiger partial charge in [-0.3, -0.25) is 0 Å². The minimum absolute atomic E-state index is 0.150. The average Bonchev–Trinajstić information content (AvgIpc) is 3.09. The van der Waals surface area contributed by atoms with Crippen LogP contribution in [0.1, 0.15) is 12.0 Å². The van der Waals surface area contributed by atoms with Crippen LogP contribution >= 0.6 is 0 Å². The van der Waals surface area contributed by atoms with Gasteiger partial charge in [0.1, 0.15) is 5.82 Å². The fourth-order valence-electron chi connectivity index (χ4n) is 3.27. The second kappa shape index (κ2) is 8.83. The molecule has 25 heavy (non-hydrogen) atoms. The van der Waals surface area contributed by atoms with Gasteiger partial charge in [0.05, 0.1) is 18.5 Å². The van der Waals surface area contributed by atoms with E-state index in [1.807, 2.05) is 30.3 Å². The van der Waals surface area contributed by atoms with Crippen molar-refractivity contribution in [3.05, 3.63) is 54.2 Å². The van der Waals surface area contributed by atoms with Crippen molar-refractivity contribution in [2.24, 2.45) is 0 Å². The third-order valence-corrected chi connectivity index (χ3v) is 4.81. The van der Waals surface area contributed by atoms with E-state index in [9.17, 15) is 0 Å². The van der Waals surface area contributed by atoms with Crippen LogP contribution in [0.4, 0.5) is 11.5 Å². The van der Waals surface area contributed by atoms with E-state index in [0.717, 1.165) is 44.0 Å². The zero-order valence-corrected chi connectivity index (χ0v) is 14.9. The van der Waals surface area contributed by atoms with Crippen LogP contribution in [0, 0.1) is 0 Å². The van der Waals surface area contributed by atoms with Crippen molar-refractivity contribution in [1.29, 1.82) is 0 Å². The summed E-state index contributed by atoms with van der Waals surface area (Å²) in [4.78, 5) is 9.03. The molecule has 1 fully saturated rings. The number of aliphatic hydroxyl groups excluding tert-OH is 1. The maximum Gasteiger partial charge on any atom is 0.126 e. The number of likely N-dealkylation sites (N-methyl/N-ethyl adjacent to an activating group) is 1. The molecule has 1 aromatic carbocycles. The van der Waals surface area contributed by atoms with Crippen LogP contribution in [0.2, 0.25) is 0 Å². The molecule has 0 amide bonds. The highest BCUT2D eigenvalue weighted by atomic mass is 16.3. The summed E-state index contributed by atoms with van der Waals surface area (Å²) in [7, 11) is 1.96. The van der Waals surface area contributed by atoms with Crippen molar-refractivity contribution in [1.82, 2.24) is 9.88 Å². The number of aromatic nitrogens is 1. The molecule has 2 heterocycles. The summed E-state index contributed by atoms with van der Waals surface area (Å²) in [6.45, 7) is 4.09. The van der Waals surface area contributed by atoms with E-state index in [4.69, 9.17) is 5.11 Å². The van der Waals surface area contributed by atoms with Gasteiger partial charge in [-0.2, -0.15) is 0 Å². The van der Waals surface area contributed by atoms with Gasteiger partial charge in [0.25, 0.3) is 0 Å². The summed E-state index contributed by atoms with van der Waals surface area (Å²) in [5, 5.41) is 12.6. The van der Waals surface area contributed by atoms with Gasteiger partial charge >= 0.3 is 0 Å². The van der Waals surface area contributed by atoms with Crippen LogP contribution in [-0.2, 0) is 6.42 Å². The van der Waals surface area contributed by atoms with Gasteiger partial charge < -0.3 is 20.2 Å². The van der Waals surface area contributed by atoms with E-state index in [0.29, 0.717) is 12.6 Å². The fraction of sp³-hybridized carbons (Fsp3) is 0.450. The van der Waals surface area contributed by atoms with E-state index in [1.54, 1.807) is 0 Å². The first-order chi connectivity index (χ1) is 12.2. The van der Waals surface area contributed by atoms with E-state index in [2.05, 4.69) is 45.5 Å². The lowest BCUT2D eigenvalue weighted by Crippen LogP contribution is -2.28. The molecule has 1 aliphatic rings. The zero-order valence-electron chi connectivity index (χ0n) is 14.9. The molecule has 0 saturated carbocycles. The highest BCUT2D eigenvalue weighted by Gasteiger charge is 2.22. The molecule has 1 saturated heterocycles. The molecule has 5 heteroatoms. The van der Waals surface area contributed by atoms with Crippen molar-refractivity contribution in [2.45, 2.75) is 18.9 Å². The lowest BCUT2D eigenvalue weighted by molar-refractivity contribution is 0.304. The molecule has 0 spiro atoms. The van der Waals surface area contributed by atoms with Gasteiger partial charge in [-0.1, -0.05) is 30.3 Å². The molecule has 2 aromatic rings. The molecule has 1 aromatic heterocycles. The van der Waals surface area contributed by atoms with Crippen LogP contribution in [0.25, 0.3) is 0 Å². The molecule has 134 valence electrons. The number of likely N-dealkylation sites (tertiary alicyclic amines) is 1. The van der Waals surface area contributed by atoms with Gasteiger partial charge in [0.2, 0.25) is 0 Å². The summed E-state index contributed by atoms with van der Waals surface area (Å²) < 4.78 is 0. The largest absolute Gasteiger partial charge is 0.395 e. The summed E-state index contributed by atoms with van der Waals surface area (Å²) in [5.41, 5.74) is 2.43. The van der Waals surface area contributed by atoms with E-state index in [1.165, 1.54) is 5.56 Å². The summed E-state index contributed by atoms with van der Waals surface area (Å²) >= 11 is 0. The van der Waals surface area contributed by atoms with E-state index >= 15 is 0 Å². The predicted molar refractivity (Wildman–Crippen MR) is 103 cm³/mol.